The summed E-state index contributed by atoms with van der Waals surface area (Å²) < 4.78 is 5.02. The van der Waals surface area contributed by atoms with Gasteiger partial charge in [-0.1, -0.05) is 19.9 Å². The number of rotatable bonds is 7. The Morgan fingerprint density at radius 1 is 1.33 bits per heavy atom. The van der Waals surface area contributed by atoms with Crippen LogP contribution in [-0.4, -0.2) is 30.0 Å². The van der Waals surface area contributed by atoms with E-state index in [0.717, 1.165) is 12.1 Å². The molecule has 0 radical (unpaired) electrons. The van der Waals surface area contributed by atoms with E-state index in [4.69, 9.17) is 4.74 Å². The van der Waals surface area contributed by atoms with E-state index in [0.29, 0.717) is 18.7 Å². The van der Waals surface area contributed by atoms with Gasteiger partial charge in [0.15, 0.2) is 0 Å². The van der Waals surface area contributed by atoms with Crippen LogP contribution in [0.1, 0.15) is 25.8 Å². The van der Waals surface area contributed by atoms with Crippen molar-refractivity contribution in [2.24, 2.45) is 5.92 Å². The van der Waals surface area contributed by atoms with Crippen LogP contribution in [0.5, 0.6) is 11.5 Å². The molecule has 1 rings (SSSR count). The van der Waals surface area contributed by atoms with Gasteiger partial charge in [0.2, 0.25) is 0 Å². The van der Waals surface area contributed by atoms with E-state index in [-0.39, 0.29) is 17.8 Å². The molecular weight excluding hydrogens is 230 g/mol. The molecule has 0 saturated heterocycles. The topological polar surface area (TPSA) is 61.7 Å². The zero-order chi connectivity index (χ0) is 13.5. The minimum atomic E-state index is -0.276. The summed E-state index contributed by atoms with van der Waals surface area (Å²) in [6.45, 7) is 5.31. The number of aromatic hydroxyl groups is 1. The van der Waals surface area contributed by atoms with Gasteiger partial charge in [-0.15, -0.1) is 0 Å². The summed E-state index contributed by atoms with van der Waals surface area (Å²) in [6.07, 6.45) is 0.441. The second-order valence-corrected chi connectivity index (χ2v) is 4.77. The van der Waals surface area contributed by atoms with Crippen LogP contribution in [0.25, 0.3) is 0 Å². The van der Waals surface area contributed by atoms with Crippen LogP contribution in [0.15, 0.2) is 18.2 Å². The summed E-state index contributed by atoms with van der Waals surface area (Å²) in [5.41, 5.74) is 0.829. The average molecular weight is 253 g/mol. The number of aliphatic hydroxyl groups is 1. The van der Waals surface area contributed by atoms with Crippen molar-refractivity contribution in [3.05, 3.63) is 23.8 Å². The quantitative estimate of drug-likeness (QED) is 0.649. The first-order chi connectivity index (χ1) is 8.54. The number of methoxy groups -OCH3 is 1. The normalized spacial score (nSPS) is 12.7. The lowest BCUT2D eigenvalue weighted by Crippen LogP contribution is -2.23. The molecule has 0 spiro atoms. The monoisotopic (exact) mass is 253 g/mol. The van der Waals surface area contributed by atoms with E-state index < -0.39 is 0 Å². The summed E-state index contributed by atoms with van der Waals surface area (Å²) in [5, 5.41) is 22.6. The first-order valence-corrected chi connectivity index (χ1v) is 6.29. The molecule has 3 N–H and O–H groups in total. The van der Waals surface area contributed by atoms with Gasteiger partial charge in [-0.2, -0.15) is 0 Å². The Balaban J connectivity index is 2.35. The molecular formula is C14H23NO3. The third-order valence-corrected chi connectivity index (χ3v) is 2.99. The van der Waals surface area contributed by atoms with Crippen LogP contribution in [-0.2, 0) is 6.54 Å². The number of aliphatic hydroxyl groups excluding tert-OH is 1. The molecule has 0 saturated carbocycles. The molecule has 0 heterocycles. The molecule has 4 nitrogen and oxygen atoms in total. The summed E-state index contributed by atoms with van der Waals surface area (Å²) in [5.74, 6) is 1.15. The van der Waals surface area contributed by atoms with Gasteiger partial charge in [-0.25, -0.2) is 0 Å². The highest BCUT2D eigenvalue weighted by Gasteiger charge is 2.08. The van der Waals surface area contributed by atoms with Crippen molar-refractivity contribution >= 4 is 0 Å². The Morgan fingerprint density at radius 3 is 2.61 bits per heavy atom. The fraction of sp³-hybridized carbons (Fsp3) is 0.571. The molecule has 1 aromatic carbocycles. The maximum absolute atomic E-state index is 9.75. The summed E-state index contributed by atoms with van der Waals surface area (Å²) in [6, 6.07) is 5.25. The molecule has 0 amide bonds. The predicted molar refractivity (Wildman–Crippen MR) is 71.8 cm³/mol. The fourth-order valence-electron chi connectivity index (χ4n) is 1.63. The van der Waals surface area contributed by atoms with Gasteiger partial charge in [0.05, 0.1) is 13.2 Å². The Hall–Kier alpha value is -1.26. The Kier molecular flexibility index (Phi) is 5.95. The standard InChI is InChI=1S/C14H23NO3/c1-10(2)13(16)6-7-15-9-11-4-5-12(18-3)8-14(11)17/h4-5,8,10,13,15-17H,6-7,9H2,1-3H3. The molecule has 0 bridgehead atoms. The summed E-state index contributed by atoms with van der Waals surface area (Å²) in [7, 11) is 1.57. The SMILES string of the molecule is COc1ccc(CNCCC(O)C(C)C)c(O)c1. The maximum Gasteiger partial charge on any atom is 0.123 e. The Morgan fingerprint density at radius 2 is 2.06 bits per heavy atom. The van der Waals surface area contributed by atoms with Crippen molar-refractivity contribution in [3.63, 3.8) is 0 Å². The number of ether oxygens (including phenoxy) is 1. The van der Waals surface area contributed by atoms with Crippen LogP contribution in [0, 0.1) is 5.92 Å². The Labute approximate surface area is 109 Å². The predicted octanol–water partition coefficient (Wildman–Crippen LogP) is 1.90. The molecule has 4 heteroatoms. The smallest absolute Gasteiger partial charge is 0.123 e. The number of phenolic OH excluding ortho intramolecular Hbond substituents is 1. The number of hydrogen-bond acceptors (Lipinski definition) is 4. The van der Waals surface area contributed by atoms with Crippen molar-refractivity contribution < 1.29 is 14.9 Å². The number of nitrogens with one attached hydrogen (secondary N) is 1. The Bertz CT molecular complexity index is 366. The first-order valence-electron chi connectivity index (χ1n) is 6.29. The molecule has 0 aliphatic heterocycles. The van der Waals surface area contributed by atoms with Gasteiger partial charge in [-0.05, 0) is 24.9 Å². The van der Waals surface area contributed by atoms with Gasteiger partial charge in [0, 0.05) is 18.2 Å². The molecule has 0 fully saturated rings. The van der Waals surface area contributed by atoms with E-state index in [9.17, 15) is 10.2 Å². The molecule has 18 heavy (non-hydrogen) atoms. The van der Waals surface area contributed by atoms with Gasteiger partial charge >= 0.3 is 0 Å². The summed E-state index contributed by atoms with van der Waals surface area (Å²) in [4.78, 5) is 0. The minimum Gasteiger partial charge on any atom is -0.507 e. The van der Waals surface area contributed by atoms with Gasteiger partial charge in [0.1, 0.15) is 11.5 Å². The highest BCUT2D eigenvalue weighted by Crippen LogP contribution is 2.23. The number of phenols is 1. The van der Waals surface area contributed by atoms with Crippen molar-refractivity contribution in [1.29, 1.82) is 0 Å². The highest BCUT2D eigenvalue weighted by atomic mass is 16.5. The second-order valence-electron chi connectivity index (χ2n) is 4.77. The fourth-order valence-corrected chi connectivity index (χ4v) is 1.63. The van der Waals surface area contributed by atoms with Crippen molar-refractivity contribution in [2.75, 3.05) is 13.7 Å². The van der Waals surface area contributed by atoms with Crippen LogP contribution < -0.4 is 10.1 Å². The molecule has 0 aromatic heterocycles. The van der Waals surface area contributed by atoms with Gasteiger partial charge in [0.25, 0.3) is 0 Å². The third-order valence-electron chi connectivity index (χ3n) is 2.99. The minimum absolute atomic E-state index is 0.228. The number of benzene rings is 1. The average Bonchev–Trinajstić information content (AvgIpc) is 2.35. The highest BCUT2D eigenvalue weighted by molar-refractivity contribution is 5.39. The van der Waals surface area contributed by atoms with Crippen LogP contribution in [0.3, 0.4) is 0 Å². The van der Waals surface area contributed by atoms with Crippen molar-refractivity contribution in [2.45, 2.75) is 32.9 Å². The zero-order valence-corrected chi connectivity index (χ0v) is 11.3. The van der Waals surface area contributed by atoms with Crippen LogP contribution in [0.4, 0.5) is 0 Å². The zero-order valence-electron chi connectivity index (χ0n) is 11.3. The molecule has 0 aliphatic carbocycles. The van der Waals surface area contributed by atoms with E-state index in [1.54, 1.807) is 13.2 Å². The lowest BCUT2D eigenvalue weighted by atomic mass is 10.0. The summed E-state index contributed by atoms with van der Waals surface area (Å²) >= 11 is 0. The molecule has 1 aromatic rings. The van der Waals surface area contributed by atoms with Gasteiger partial charge in [-0.3, -0.25) is 0 Å². The van der Waals surface area contributed by atoms with E-state index >= 15 is 0 Å². The molecule has 102 valence electrons. The maximum atomic E-state index is 9.75. The van der Waals surface area contributed by atoms with Crippen molar-refractivity contribution in [1.82, 2.24) is 5.32 Å². The van der Waals surface area contributed by atoms with Crippen LogP contribution >= 0.6 is 0 Å². The molecule has 0 aliphatic rings. The second kappa shape index (κ2) is 7.24. The number of hydrogen-bond donors (Lipinski definition) is 3. The third kappa shape index (κ3) is 4.55. The van der Waals surface area contributed by atoms with Crippen LogP contribution in [0.2, 0.25) is 0 Å². The first kappa shape index (κ1) is 14.8. The van der Waals surface area contributed by atoms with E-state index in [2.05, 4.69) is 5.32 Å². The lowest BCUT2D eigenvalue weighted by molar-refractivity contribution is 0.116. The van der Waals surface area contributed by atoms with E-state index in [1.807, 2.05) is 26.0 Å². The lowest BCUT2D eigenvalue weighted by Gasteiger charge is -2.14. The van der Waals surface area contributed by atoms with Gasteiger partial charge < -0.3 is 20.3 Å². The molecule has 1 atom stereocenters. The van der Waals surface area contributed by atoms with Crippen molar-refractivity contribution in [3.8, 4) is 11.5 Å². The van der Waals surface area contributed by atoms with E-state index in [1.165, 1.54) is 0 Å². The molecule has 1 unspecified atom stereocenters. The largest absolute Gasteiger partial charge is 0.507 e.